The normalized spacial score (nSPS) is 24.1. The van der Waals surface area contributed by atoms with E-state index < -0.39 is 17.9 Å². The van der Waals surface area contributed by atoms with Crippen molar-refractivity contribution in [1.82, 2.24) is 5.32 Å². The van der Waals surface area contributed by atoms with Gasteiger partial charge in [0.2, 0.25) is 11.8 Å². The van der Waals surface area contributed by atoms with Gasteiger partial charge in [-0.25, -0.2) is 4.79 Å². The third-order valence-corrected chi connectivity index (χ3v) is 4.96. The molecule has 150 valence electrons. The van der Waals surface area contributed by atoms with E-state index >= 15 is 0 Å². The molecule has 26 heavy (non-hydrogen) atoms. The number of carbonyl (C=O) groups excluding carboxylic acids is 3. The summed E-state index contributed by atoms with van der Waals surface area (Å²) in [5, 5.41) is 2.49. The molecule has 0 spiro atoms. The lowest BCUT2D eigenvalue weighted by Crippen LogP contribution is -2.42. The highest BCUT2D eigenvalue weighted by Gasteiger charge is 2.31. The van der Waals surface area contributed by atoms with Crippen LogP contribution in [0.5, 0.6) is 0 Å². The molecule has 0 saturated heterocycles. The maximum absolute atomic E-state index is 12.1. The third kappa shape index (κ3) is 8.17. The molecule has 0 radical (unpaired) electrons. The molecule has 0 bridgehead atoms. The Balaban J connectivity index is 2.42. The maximum atomic E-state index is 12.1. The Morgan fingerprint density at radius 3 is 2.46 bits per heavy atom. The molecule has 3 N–H and O–H groups in total. The molecule has 0 heterocycles. The number of amides is 2. The molecule has 7 heteroatoms. The first-order chi connectivity index (χ1) is 12.2. The second-order valence-electron chi connectivity index (χ2n) is 7.66. The fraction of sp³-hybridized carbons (Fsp3) is 0.842. The highest BCUT2D eigenvalue weighted by molar-refractivity contribution is 5.84. The van der Waals surface area contributed by atoms with Crippen LogP contribution in [-0.4, -0.2) is 43.1 Å². The molecule has 1 aliphatic rings. The molecule has 1 aliphatic carbocycles. The lowest BCUT2D eigenvalue weighted by molar-refractivity contribution is -0.151. The smallest absolute Gasteiger partial charge is 0.328 e. The Bertz CT molecular complexity index is 481. The molecule has 0 aromatic carbocycles. The van der Waals surface area contributed by atoms with Crippen molar-refractivity contribution in [3.05, 3.63) is 0 Å². The second kappa shape index (κ2) is 11.2. The van der Waals surface area contributed by atoms with Gasteiger partial charge in [-0.15, -0.1) is 0 Å². The van der Waals surface area contributed by atoms with E-state index in [0.29, 0.717) is 24.4 Å². The van der Waals surface area contributed by atoms with Gasteiger partial charge in [0.1, 0.15) is 12.6 Å². The summed E-state index contributed by atoms with van der Waals surface area (Å²) in [5.74, 6) is 0.293. The number of esters is 1. The first-order valence-corrected chi connectivity index (χ1v) is 9.54. The molecular formula is C19H34N2O5. The minimum atomic E-state index is -0.863. The van der Waals surface area contributed by atoms with E-state index in [1.165, 1.54) is 19.8 Å². The molecule has 7 nitrogen and oxygen atoms in total. The van der Waals surface area contributed by atoms with E-state index in [2.05, 4.69) is 26.1 Å². The molecule has 0 aromatic rings. The average molecular weight is 370 g/mol. The van der Waals surface area contributed by atoms with E-state index in [-0.39, 0.29) is 31.5 Å². The van der Waals surface area contributed by atoms with Crippen LogP contribution in [0.3, 0.4) is 0 Å². The van der Waals surface area contributed by atoms with E-state index in [9.17, 15) is 14.4 Å². The van der Waals surface area contributed by atoms with Crippen LogP contribution in [0.4, 0.5) is 0 Å². The molecule has 2 amide bonds. The number of rotatable bonds is 10. The minimum Gasteiger partial charge on any atom is -0.462 e. The van der Waals surface area contributed by atoms with Crippen LogP contribution in [0.15, 0.2) is 0 Å². The van der Waals surface area contributed by atoms with Crippen molar-refractivity contribution in [2.45, 2.75) is 71.9 Å². The second-order valence-corrected chi connectivity index (χ2v) is 7.66. The van der Waals surface area contributed by atoms with Crippen molar-refractivity contribution in [1.29, 1.82) is 0 Å². The van der Waals surface area contributed by atoms with Crippen LogP contribution in [0.25, 0.3) is 0 Å². The van der Waals surface area contributed by atoms with Gasteiger partial charge >= 0.3 is 5.97 Å². The van der Waals surface area contributed by atoms with Crippen molar-refractivity contribution in [3.63, 3.8) is 0 Å². The van der Waals surface area contributed by atoms with Crippen LogP contribution in [0.1, 0.15) is 59.8 Å². The summed E-state index contributed by atoms with van der Waals surface area (Å²) in [5.41, 5.74) is 5.10. The van der Waals surface area contributed by atoms with Crippen molar-refractivity contribution < 1.29 is 23.9 Å². The molecule has 4 atom stereocenters. The van der Waals surface area contributed by atoms with E-state index in [4.69, 9.17) is 15.2 Å². The van der Waals surface area contributed by atoms with Gasteiger partial charge in [-0.2, -0.15) is 0 Å². The van der Waals surface area contributed by atoms with Gasteiger partial charge in [-0.05, 0) is 37.0 Å². The van der Waals surface area contributed by atoms with Crippen molar-refractivity contribution in [2.24, 2.45) is 23.5 Å². The quantitative estimate of drug-likeness (QED) is 0.450. The molecule has 1 fully saturated rings. The number of nitrogens with two attached hydrogens (primary N) is 1. The van der Waals surface area contributed by atoms with E-state index in [1.807, 2.05) is 0 Å². The first kappa shape index (κ1) is 22.4. The molecule has 1 saturated carbocycles. The summed E-state index contributed by atoms with van der Waals surface area (Å²) in [7, 11) is 0. The highest BCUT2D eigenvalue weighted by atomic mass is 16.6. The lowest BCUT2D eigenvalue weighted by atomic mass is 9.75. The van der Waals surface area contributed by atoms with Gasteiger partial charge in [-0.3, -0.25) is 9.59 Å². The largest absolute Gasteiger partial charge is 0.462 e. The standard InChI is InChI=1S/C19H34N2O5/c1-12(2)15-6-5-13(3)11-17(15)25-9-10-26-19(24)16(21-14(4)22)7-8-18(20)23/h12-13,15-17H,5-11H2,1-4H3,(H2,20,23)(H,21,22)/t13?,15?,16-,17?/m0/s1. The Hall–Kier alpha value is -1.63. The van der Waals surface area contributed by atoms with Gasteiger partial charge in [0.25, 0.3) is 0 Å². The summed E-state index contributed by atoms with van der Waals surface area (Å²) < 4.78 is 11.2. The molecular weight excluding hydrogens is 336 g/mol. The molecule has 0 aliphatic heterocycles. The minimum absolute atomic E-state index is 0.00653. The number of hydrogen-bond acceptors (Lipinski definition) is 5. The SMILES string of the molecule is CC(=O)N[C@@H](CCC(N)=O)C(=O)OCCOC1CC(C)CCC1C(C)C. The fourth-order valence-electron chi connectivity index (χ4n) is 3.53. The Labute approximate surface area is 156 Å². The number of primary amides is 1. The summed E-state index contributed by atoms with van der Waals surface area (Å²) in [6, 6.07) is -0.863. The van der Waals surface area contributed by atoms with E-state index in [1.54, 1.807) is 0 Å². The Morgan fingerprint density at radius 2 is 1.88 bits per heavy atom. The van der Waals surface area contributed by atoms with Crippen molar-refractivity contribution in [3.8, 4) is 0 Å². The number of nitrogens with one attached hydrogen (secondary N) is 1. The van der Waals surface area contributed by atoms with E-state index in [0.717, 1.165) is 6.42 Å². The van der Waals surface area contributed by atoms with Crippen LogP contribution in [0, 0.1) is 17.8 Å². The maximum Gasteiger partial charge on any atom is 0.328 e. The van der Waals surface area contributed by atoms with Crippen LogP contribution < -0.4 is 11.1 Å². The monoisotopic (exact) mass is 370 g/mol. The van der Waals surface area contributed by atoms with Gasteiger partial charge in [-0.1, -0.05) is 27.2 Å². The summed E-state index contributed by atoms with van der Waals surface area (Å²) in [6.45, 7) is 8.44. The summed E-state index contributed by atoms with van der Waals surface area (Å²) in [4.78, 5) is 34.2. The zero-order chi connectivity index (χ0) is 19.7. The van der Waals surface area contributed by atoms with Gasteiger partial charge in [0.05, 0.1) is 12.7 Å². The first-order valence-electron chi connectivity index (χ1n) is 9.54. The topological polar surface area (TPSA) is 108 Å². The summed E-state index contributed by atoms with van der Waals surface area (Å²) in [6.07, 6.45) is 3.76. The number of carbonyl (C=O) groups is 3. The van der Waals surface area contributed by atoms with Crippen LogP contribution in [0.2, 0.25) is 0 Å². The van der Waals surface area contributed by atoms with Crippen molar-refractivity contribution in [2.75, 3.05) is 13.2 Å². The predicted octanol–water partition coefficient (Wildman–Crippen LogP) is 1.78. The summed E-state index contributed by atoms with van der Waals surface area (Å²) >= 11 is 0. The van der Waals surface area contributed by atoms with Gasteiger partial charge in [0, 0.05) is 13.3 Å². The average Bonchev–Trinajstić information content (AvgIpc) is 2.54. The molecule has 3 unspecified atom stereocenters. The van der Waals surface area contributed by atoms with Crippen molar-refractivity contribution >= 4 is 17.8 Å². The Kier molecular flexibility index (Phi) is 9.62. The zero-order valence-electron chi connectivity index (χ0n) is 16.5. The third-order valence-electron chi connectivity index (χ3n) is 4.96. The van der Waals surface area contributed by atoms with Gasteiger partial charge < -0.3 is 20.5 Å². The van der Waals surface area contributed by atoms with Crippen LogP contribution >= 0.6 is 0 Å². The fourth-order valence-corrected chi connectivity index (χ4v) is 3.53. The van der Waals surface area contributed by atoms with Gasteiger partial charge in [0.15, 0.2) is 0 Å². The molecule has 1 rings (SSSR count). The highest BCUT2D eigenvalue weighted by Crippen LogP contribution is 2.35. The predicted molar refractivity (Wildman–Crippen MR) is 98.1 cm³/mol. The Morgan fingerprint density at radius 1 is 1.19 bits per heavy atom. The number of hydrogen-bond donors (Lipinski definition) is 2. The number of ether oxygens (including phenoxy) is 2. The van der Waals surface area contributed by atoms with Crippen LogP contribution in [-0.2, 0) is 23.9 Å². The molecule has 0 aromatic heterocycles. The zero-order valence-corrected chi connectivity index (χ0v) is 16.5. The lowest BCUT2D eigenvalue weighted by Gasteiger charge is -2.37.